The largest absolute Gasteiger partial charge is 0.394 e. The molecule has 0 radical (unpaired) electrons. The molecule has 10 heteroatoms. The number of anilines is 1. The van der Waals surface area contributed by atoms with E-state index in [0.29, 0.717) is 0 Å². The number of aliphatic hydroxyl groups is 2. The zero-order valence-electron chi connectivity index (χ0n) is 9.75. The molecule has 0 amide bonds. The molecule has 19 heavy (non-hydrogen) atoms. The van der Waals surface area contributed by atoms with Gasteiger partial charge in [0.05, 0.1) is 6.61 Å². The first-order chi connectivity index (χ1) is 9.00. The SMILES string of the molecule is [N-]=[N+]=N[C@]1(O)C[C@H](n2ccc(N)nc2=O)O[C@@H]1CO. The molecule has 0 spiro atoms. The summed E-state index contributed by atoms with van der Waals surface area (Å²) in [4.78, 5) is 17.7. The molecule has 0 aliphatic carbocycles. The van der Waals surface area contributed by atoms with Gasteiger partial charge in [-0.25, -0.2) is 4.79 Å². The molecule has 2 heterocycles. The summed E-state index contributed by atoms with van der Waals surface area (Å²) in [7, 11) is 0. The first-order valence-corrected chi connectivity index (χ1v) is 5.40. The van der Waals surface area contributed by atoms with E-state index in [4.69, 9.17) is 21.1 Å². The van der Waals surface area contributed by atoms with Crippen molar-refractivity contribution in [1.82, 2.24) is 9.55 Å². The van der Waals surface area contributed by atoms with Gasteiger partial charge in [0.2, 0.25) is 0 Å². The van der Waals surface area contributed by atoms with Crippen LogP contribution >= 0.6 is 0 Å². The maximum absolute atomic E-state index is 11.6. The number of nitrogens with two attached hydrogens (primary N) is 1. The lowest BCUT2D eigenvalue weighted by Gasteiger charge is -2.19. The normalized spacial score (nSPS) is 30.0. The Morgan fingerprint density at radius 2 is 2.53 bits per heavy atom. The lowest BCUT2D eigenvalue weighted by Crippen LogP contribution is -2.38. The number of nitrogens with zero attached hydrogens (tertiary/aromatic N) is 5. The molecule has 1 aliphatic rings. The van der Waals surface area contributed by atoms with Crippen molar-refractivity contribution in [3.05, 3.63) is 33.2 Å². The van der Waals surface area contributed by atoms with Crippen LogP contribution < -0.4 is 11.4 Å². The van der Waals surface area contributed by atoms with Crippen LogP contribution in [0.25, 0.3) is 10.4 Å². The topological polar surface area (TPSA) is 159 Å². The molecule has 0 aromatic carbocycles. The highest BCUT2D eigenvalue weighted by molar-refractivity contribution is 5.23. The second-order valence-corrected chi connectivity index (χ2v) is 4.08. The first-order valence-electron chi connectivity index (χ1n) is 5.40. The average Bonchev–Trinajstić information content (AvgIpc) is 2.66. The molecule has 102 valence electrons. The van der Waals surface area contributed by atoms with Crippen molar-refractivity contribution >= 4 is 5.82 Å². The molecule has 0 saturated carbocycles. The summed E-state index contributed by atoms with van der Waals surface area (Å²) in [5, 5.41) is 22.4. The summed E-state index contributed by atoms with van der Waals surface area (Å²) >= 11 is 0. The second kappa shape index (κ2) is 4.86. The van der Waals surface area contributed by atoms with Crippen molar-refractivity contribution in [2.75, 3.05) is 12.3 Å². The Kier molecular flexibility index (Phi) is 3.40. The monoisotopic (exact) mass is 268 g/mol. The highest BCUT2D eigenvalue weighted by Gasteiger charge is 2.47. The van der Waals surface area contributed by atoms with E-state index >= 15 is 0 Å². The van der Waals surface area contributed by atoms with Crippen LogP contribution in [0.1, 0.15) is 12.6 Å². The van der Waals surface area contributed by atoms with Crippen LogP contribution in [0, 0.1) is 0 Å². The predicted molar refractivity (Wildman–Crippen MR) is 62.6 cm³/mol. The van der Waals surface area contributed by atoms with Crippen molar-refractivity contribution in [1.29, 1.82) is 0 Å². The van der Waals surface area contributed by atoms with E-state index < -0.39 is 30.4 Å². The van der Waals surface area contributed by atoms with Crippen molar-refractivity contribution in [2.24, 2.45) is 5.11 Å². The highest BCUT2D eigenvalue weighted by Crippen LogP contribution is 2.37. The summed E-state index contributed by atoms with van der Waals surface area (Å²) < 4.78 is 6.40. The Balaban J connectivity index is 2.34. The number of rotatable bonds is 3. The van der Waals surface area contributed by atoms with E-state index in [1.54, 1.807) is 0 Å². The van der Waals surface area contributed by atoms with E-state index in [0.717, 1.165) is 4.57 Å². The fraction of sp³-hybridized carbons (Fsp3) is 0.556. The van der Waals surface area contributed by atoms with Gasteiger partial charge in [-0.15, -0.1) is 0 Å². The van der Waals surface area contributed by atoms with Gasteiger partial charge in [-0.2, -0.15) is 4.98 Å². The van der Waals surface area contributed by atoms with Crippen LogP contribution in [0.15, 0.2) is 22.2 Å². The van der Waals surface area contributed by atoms with Gasteiger partial charge >= 0.3 is 5.69 Å². The third kappa shape index (κ3) is 2.37. The highest BCUT2D eigenvalue weighted by atomic mass is 16.6. The summed E-state index contributed by atoms with van der Waals surface area (Å²) in [6, 6.07) is 1.39. The summed E-state index contributed by atoms with van der Waals surface area (Å²) in [6.45, 7) is -0.552. The summed E-state index contributed by atoms with van der Waals surface area (Å²) in [5.74, 6) is 0.0586. The molecule has 1 fully saturated rings. The summed E-state index contributed by atoms with van der Waals surface area (Å²) in [6.07, 6.45) is -0.828. The van der Waals surface area contributed by atoms with E-state index in [-0.39, 0.29) is 12.2 Å². The van der Waals surface area contributed by atoms with Crippen LogP contribution in [-0.4, -0.2) is 38.2 Å². The minimum Gasteiger partial charge on any atom is -0.394 e. The minimum atomic E-state index is -1.91. The molecule has 1 aromatic rings. The molecule has 4 N–H and O–H groups in total. The molecule has 2 rings (SSSR count). The lowest BCUT2D eigenvalue weighted by atomic mass is 10.1. The molecule has 1 saturated heterocycles. The van der Waals surface area contributed by atoms with Crippen molar-refractivity contribution in [2.45, 2.75) is 24.5 Å². The minimum absolute atomic E-state index is 0.0586. The van der Waals surface area contributed by atoms with Crippen molar-refractivity contribution in [3.63, 3.8) is 0 Å². The van der Waals surface area contributed by atoms with Crippen LogP contribution in [0.2, 0.25) is 0 Å². The van der Waals surface area contributed by atoms with Gasteiger partial charge in [-0.3, -0.25) is 4.57 Å². The van der Waals surface area contributed by atoms with Crippen molar-refractivity contribution in [3.8, 4) is 0 Å². The second-order valence-electron chi connectivity index (χ2n) is 4.08. The Morgan fingerprint density at radius 1 is 1.79 bits per heavy atom. The number of nitrogen functional groups attached to an aromatic ring is 1. The Bertz CT molecular complexity index is 582. The van der Waals surface area contributed by atoms with Crippen LogP contribution in [0.5, 0.6) is 0 Å². The van der Waals surface area contributed by atoms with E-state index in [1.807, 2.05) is 0 Å². The fourth-order valence-electron chi connectivity index (χ4n) is 1.92. The van der Waals surface area contributed by atoms with Gasteiger partial charge < -0.3 is 20.7 Å². The number of aromatic nitrogens is 2. The fourth-order valence-corrected chi connectivity index (χ4v) is 1.92. The predicted octanol–water partition coefficient (Wildman–Crippen LogP) is -0.896. The molecular formula is C9H12N6O4. The third-order valence-corrected chi connectivity index (χ3v) is 2.86. The van der Waals surface area contributed by atoms with Gasteiger partial charge in [0.15, 0.2) is 5.72 Å². The van der Waals surface area contributed by atoms with Crippen LogP contribution in [0.4, 0.5) is 5.82 Å². The number of aliphatic hydroxyl groups excluding tert-OH is 1. The molecule has 10 nitrogen and oxygen atoms in total. The van der Waals surface area contributed by atoms with E-state index in [2.05, 4.69) is 15.0 Å². The third-order valence-electron chi connectivity index (χ3n) is 2.86. The molecule has 3 atom stereocenters. The van der Waals surface area contributed by atoms with Gasteiger partial charge in [0.1, 0.15) is 18.1 Å². The maximum atomic E-state index is 11.6. The van der Waals surface area contributed by atoms with Gasteiger partial charge in [0, 0.05) is 17.5 Å². The smallest absolute Gasteiger partial charge is 0.351 e. The molecule has 1 aliphatic heterocycles. The number of azide groups is 1. The molecule has 1 aromatic heterocycles. The zero-order valence-corrected chi connectivity index (χ0v) is 9.75. The molecule has 0 bridgehead atoms. The lowest BCUT2D eigenvalue weighted by molar-refractivity contribution is -0.0797. The van der Waals surface area contributed by atoms with Gasteiger partial charge in [-0.05, 0) is 11.6 Å². The summed E-state index contributed by atoms with van der Waals surface area (Å²) in [5.41, 5.74) is 11.2. The van der Waals surface area contributed by atoms with Crippen molar-refractivity contribution < 1.29 is 14.9 Å². The van der Waals surface area contributed by atoms with E-state index in [1.165, 1.54) is 12.3 Å². The molecular weight excluding hydrogens is 256 g/mol. The first kappa shape index (κ1) is 13.3. The van der Waals surface area contributed by atoms with Crippen LogP contribution in [0.3, 0.4) is 0 Å². The van der Waals surface area contributed by atoms with E-state index in [9.17, 15) is 9.90 Å². The standard InChI is InChI=1S/C9H12N6O4/c10-6-1-2-15(8(17)12-6)7-3-9(18,13-14-11)5(4-16)19-7/h1-2,5,7,16,18H,3-4H2,(H2,10,12,17)/t5-,7-,9+/m1/s1. The van der Waals surface area contributed by atoms with Gasteiger partial charge in [0.25, 0.3) is 0 Å². The number of ether oxygens (including phenoxy) is 1. The van der Waals surface area contributed by atoms with Gasteiger partial charge in [-0.1, -0.05) is 5.11 Å². The van der Waals surface area contributed by atoms with Crippen LogP contribution in [-0.2, 0) is 4.74 Å². The Labute approximate surface area is 106 Å². The number of hydrogen-bond acceptors (Lipinski definition) is 7. The molecule has 0 unspecified atom stereocenters. The quantitative estimate of drug-likeness (QED) is 0.366. The zero-order chi connectivity index (χ0) is 14.0. The Morgan fingerprint density at radius 3 is 3.11 bits per heavy atom. The number of hydrogen-bond donors (Lipinski definition) is 3. The maximum Gasteiger partial charge on any atom is 0.351 e. The average molecular weight is 268 g/mol. The Hall–Kier alpha value is -2.13.